The van der Waals surface area contributed by atoms with E-state index in [1.807, 2.05) is 24.0 Å². The minimum absolute atomic E-state index is 0. The van der Waals surface area contributed by atoms with Crippen molar-refractivity contribution < 1.29 is 14.3 Å². The molecule has 0 aliphatic carbocycles. The molecule has 1 fully saturated rings. The van der Waals surface area contributed by atoms with E-state index in [9.17, 15) is 4.79 Å². The molecule has 1 saturated heterocycles. The molecule has 0 aromatic heterocycles. The summed E-state index contributed by atoms with van der Waals surface area (Å²) < 4.78 is 11.3. The predicted octanol–water partition coefficient (Wildman–Crippen LogP) is 2.86. The van der Waals surface area contributed by atoms with Crippen molar-refractivity contribution in [1.82, 2.24) is 4.90 Å². The summed E-state index contributed by atoms with van der Waals surface area (Å²) in [7, 11) is 0. The number of likely N-dealkylation sites (tertiary alicyclic amines) is 1. The van der Waals surface area contributed by atoms with Gasteiger partial charge in [0.25, 0.3) is 5.91 Å². The van der Waals surface area contributed by atoms with Gasteiger partial charge in [0.05, 0.1) is 13.2 Å². The van der Waals surface area contributed by atoms with Crippen LogP contribution in [0.5, 0.6) is 11.5 Å². The number of benzene rings is 1. The average molecular weight is 343 g/mol. The first-order valence-corrected chi connectivity index (χ1v) is 8.10. The van der Waals surface area contributed by atoms with Gasteiger partial charge < -0.3 is 20.1 Å². The lowest BCUT2D eigenvalue weighted by Crippen LogP contribution is -2.42. The van der Waals surface area contributed by atoms with Crippen molar-refractivity contribution >= 4 is 18.3 Å². The van der Waals surface area contributed by atoms with E-state index in [0.717, 1.165) is 32.4 Å². The number of hydrogen-bond acceptors (Lipinski definition) is 4. The second-order valence-corrected chi connectivity index (χ2v) is 5.57. The van der Waals surface area contributed by atoms with Crippen LogP contribution in [0.3, 0.4) is 0 Å². The van der Waals surface area contributed by atoms with Crippen LogP contribution < -0.4 is 15.2 Å². The van der Waals surface area contributed by atoms with Crippen molar-refractivity contribution in [3.8, 4) is 11.5 Å². The molecule has 6 heteroatoms. The summed E-state index contributed by atoms with van der Waals surface area (Å²) in [5.74, 6) is 1.37. The topological polar surface area (TPSA) is 64.8 Å². The van der Waals surface area contributed by atoms with Crippen molar-refractivity contribution in [2.75, 3.05) is 26.3 Å². The van der Waals surface area contributed by atoms with Gasteiger partial charge in [0.2, 0.25) is 0 Å². The highest BCUT2D eigenvalue weighted by molar-refractivity contribution is 5.95. The van der Waals surface area contributed by atoms with Crippen LogP contribution in [0.4, 0.5) is 0 Å². The molecule has 0 saturated carbocycles. The fourth-order valence-electron chi connectivity index (χ4n) is 2.53. The zero-order valence-electron chi connectivity index (χ0n) is 13.9. The van der Waals surface area contributed by atoms with Crippen LogP contribution in [0.1, 0.15) is 43.5 Å². The molecule has 23 heavy (non-hydrogen) atoms. The SMILES string of the molecule is CCCOc1ccc(C(=O)N2CCC(N)CC2)cc1OCC.Cl. The van der Waals surface area contributed by atoms with Gasteiger partial charge in [-0.05, 0) is 44.4 Å². The molecule has 130 valence electrons. The summed E-state index contributed by atoms with van der Waals surface area (Å²) in [5.41, 5.74) is 6.53. The summed E-state index contributed by atoms with van der Waals surface area (Å²) in [6.07, 6.45) is 2.66. The molecule has 1 aliphatic rings. The number of amides is 1. The molecule has 1 aromatic rings. The van der Waals surface area contributed by atoms with Crippen molar-refractivity contribution in [2.24, 2.45) is 5.73 Å². The molecular weight excluding hydrogens is 316 g/mol. The zero-order chi connectivity index (χ0) is 15.9. The Morgan fingerprint density at radius 2 is 1.91 bits per heavy atom. The quantitative estimate of drug-likeness (QED) is 0.863. The van der Waals surface area contributed by atoms with E-state index in [1.165, 1.54) is 0 Å². The van der Waals surface area contributed by atoms with Crippen LogP contribution in [0, 0.1) is 0 Å². The van der Waals surface area contributed by atoms with Gasteiger partial charge in [-0.1, -0.05) is 6.92 Å². The van der Waals surface area contributed by atoms with Gasteiger partial charge in [-0.3, -0.25) is 4.79 Å². The van der Waals surface area contributed by atoms with Gasteiger partial charge in [0, 0.05) is 24.7 Å². The van der Waals surface area contributed by atoms with Gasteiger partial charge >= 0.3 is 0 Å². The smallest absolute Gasteiger partial charge is 0.253 e. The summed E-state index contributed by atoms with van der Waals surface area (Å²) in [4.78, 5) is 14.4. The minimum atomic E-state index is 0. The van der Waals surface area contributed by atoms with E-state index in [0.29, 0.717) is 30.3 Å². The van der Waals surface area contributed by atoms with Crippen LogP contribution >= 0.6 is 12.4 Å². The summed E-state index contributed by atoms with van der Waals surface area (Å²) in [6.45, 7) is 6.59. The van der Waals surface area contributed by atoms with Gasteiger partial charge in [0.15, 0.2) is 11.5 Å². The maximum atomic E-state index is 12.6. The highest BCUT2D eigenvalue weighted by Crippen LogP contribution is 2.29. The lowest BCUT2D eigenvalue weighted by molar-refractivity contribution is 0.0714. The van der Waals surface area contributed by atoms with Crippen molar-refractivity contribution in [1.29, 1.82) is 0 Å². The molecule has 2 rings (SSSR count). The second kappa shape index (κ2) is 9.63. The van der Waals surface area contributed by atoms with Crippen LogP contribution in [0.25, 0.3) is 0 Å². The number of nitrogens with two attached hydrogens (primary N) is 1. The first kappa shape index (κ1) is 19.6. The van der Waals surface area contributed by atoms with Gasteiger partial charge in [-0.15, -0.1) is 12.4 Å². The average Bonchev–Trinajstić information content (AvgIpc) is 2.54. The first-order valence-electron chi connectivity index (χ1n) is 8.10. The molecule has 1 heterocycles. The molecule has 2 N–H and O–H groups in total. The monoisotopic (exact) mass is 342 g/mol. The number of piperidine rings is 1. The first-order chi connectivity index (χ1) is 10.7. The van der Waals surface area contributed by atoms with Crippen LogP contribution in [-0.2, 0) is 0 Å². The van der Waals surface area contributed by atoms with Gasteiger partial charge in [-0.25, -0.2) is 0 Å². The Hall–Kier alpha value is -1.46. The third kappa shape index (κ3) is 5.29. The third-order valence-corrected chi connectivity index (χ3v) is 3.78. The molecule has 1 aromatic carbocycles. The highest BCUT2D eigenvalue weighted by Gasteiger charge is 2.22. The molecule has 0 unspecified atom stereocenters. The van der Waals surface area contributed by atoms with Crippen molar-refractivity contribution in [3.05, 3.63) is 23.8 Å². The molecular formula is C17H27ClN2O3. The zero-order valence-corrected chi connectivity index (χ0v) is 14.7. The highest BCUT2D eigenvalue weighted by atomic mass is 35.5. The Morgan fingerprint density at radius 1 is 1.22 bits per heavy atom. The molecule has 1 amide bonds. The summed E-state index contributed by atoms with van der Waals surface area (Å²) >= 11 is 0. The molecule has 0 atom stereocenters. The Labute approximate surface area is 144 Å². The number of hydrogen-bond donors (Lipinski definition) is 1. The number of ether oxygens (including phenoxy) is 2. The van der Waals surface area contributed by atoms with Crippen molar-refractivity contribution in [2.45, 2.75) is 39.2 Å². The molecule has 0 bridgehead atoms. The summed E-state index contributed by atoms with van der Waals surface area (Å²) in [5, 5.41) is 0. The Balaban J connectivity index is 0.00000264. The predicted molar refractivity (Wildman–Crippen MR) is 93.8 cm³/mol. The van der Waals surface area contributed by atoms with Gasteiger partial charge in [-0.2, -0.15) is 0 Å². The summed E-state index contributed by atoms with van der Waals surface area (Å²) in [6, 6.07) is 5.63. The maximum absolute atomic E-state index is 12.6. The Kier molecular flexibility index (Phi) is 8.20. The van der Waals surface area contributed by atoms with Crippen molar-refractivity contribution in [3.63, 3.8) is 0 Å². The van der Waals surface area contributed by atoms with Crippen LogP contribution in [0.2, 0.25) is 0 Å². The lowest BCUT2D eigenvalue weighted by Gasteiger charge is -2.30. The van der Waals surface area contributed by atoms with E-state index in [-0.39, 0.29) is 24.4 Å². The fraction of sp³-hybridized carbons (Fsp3) is 0.588. The number of rotatable bonds is 6. The van der Waals surface area contributed by atoms with E-state index in [2.05, 4.69) is 6.92 Å². The van der Waals surface area contributed by atoms with Crippen LogP contribution in [0.15, 0.2) is 18.2 Å². The molecule has 0 radical (unpaired) electrons. The standard InChI is InChI=1S/C17H26N2O3.ClH/c1-3-11-22-15-6-5-13(12-16(15)21-4-2)17(20)19-9-7-14(18)8-10-19;/h5-6,12,14H,3-4,7-11,18H2,1-2H3;1H. The normalized spacial score (nSPS) is 15.0. The molecule has 1 aliphatic heterocycles. The van der Waals surface area contributed by atoms with Gasteiger partial charge in [0.1, 0.15) is 0 Å². The Morgan fingerprint density at radius 3 is 2.52 bits per heavy atom. The lowest BCUT2D eigenvalue weighted by atomic mass is 10.0. The number of carbonyl (C=O) groups excluding carboxylic acids is 1. The molecule has 5 nitrogen and oxygen atoms in total. The van der Waals surface area contributed by atoms with E-state index < -0.39 is 0 Å². The number of carbonyl (C=O) groups is 1. The number of halogens is 1. The second-order valence-electron chi connectivity index (χ2n) is 5.57. The molecule has 0 spiro atoms. The van der Waals surface area contributed by atoms with E-state index in [4.69, 9.17) is 15.2 Å². The van der Waals surface area contributed by atoms with Crippen LogP contribution in [-0.4, -0.2) is 43.2 Å². The van der Waals surface area contributed by atoms with E-state index >= 15 is 0 Å². The Bertz CT molecular complexity index is 503. The number of nitrogens with zero attached hydrogens (tertiary/aromatic N) is 1. The maximum Gasteiger partial charge on any atom is 0.253 e. The largest absolute Gasteiger partial charge is 0.490 e. The third-order valence-electron chi connectivity index (χ3n) is 3.78. The van der Waals surface area contributed by atoms with E-state index in [1.54, 1.807) is 6.07 Å². The minimum Gasteiger partial charge on any atom is -0.490 e. The fourth-order valence-corrected chi connectivity index (χ4v) is 2.53.